The first-order valence-corrected chi connectivity index (χ1v) is 5.08. The van der Waals surface area contributed by atoms with Crippen LogP contribution in [0.4, 0.5) is 0 Å². The molecule has 12 heavy (non-hydrogen) atoms. The van der Waals surface area contributed by atoms with Crippen molar-refractivity contribution in [1.29, 1.82) is 0 Å². The zero-order valence-electron chi connectivity index (χ0n) is 7.45. The molecule has 0 aromatic rings. The van der Waals surface area contributed by atoms with E-state index in [4.69, 9.17) is 0 Å². The highest BCUT2D eigenvalue weighted by Crippen LogP contribution is 2.48. The standard InChI is InChI=1S/C10H18O2/c11-5-9-7-1-2-8(4-3-7)10(9)6-12/h7-12H,1-6H2/t7?,8?,9-,10+. The van der Waals surface area contributed by atoms with Crippen LogP contribution in [0.3, 0.4) is 0 Å². The Labute approximate surface area is 73.6 Å². The first kappa shape index (κ1) is 8.52. The fourth-order valence-electron chi connectivity index (χ4n) is 3.27. The fraction of sp³-hybridized carbons (Fsp3) is 1.00. The van der Waals surface area contributed by atoms with E-state index in [1.165, 1.54) is 25.7 Å². The molecule has 3 aliphatic carbocycles. The second-order valence-electron chi connectivity index (χ2n) is 4.37. The lowest BCUT2D eigenvalue weighted by molar-refractivity contribution is -0.0351. The van der Waals surface area contributed by atoms with Gasteiger partial charge >= 0.3 is 0 Å². The molecule has 0 unspecified atom stereocenters. The maximum absolute atomic E-state index is 9.20. The van der Waals surface area contributed by atoms with Crippen molar-refractivity contribution in [1.82, 2.24) is 0 Å². The van der Waals surface area contributed by atoms with Crippen molar-refractivity contribution < 1.29 is 10.2 Å². The number of fused-ring (bicyclic) bond motifs is 3. The van der Waals surface area contributed by atoms with Crippen molar-refractivity contribution in [3.05, 3.63) is 0 Å². The molecule has 0 radical (unpaired) electrons. The Morgan fingerprint density at radius 1 is 0.750 bits per heavy atom. The molecule has 0 spiro atoms. The summed E-state index contributed by atoms with van der Waals surface area (Å²) in [4.78, 5) is 0. The van der Waals surface area contributed by atoms with Gasteiger partial charge in [0, 0.05) is 13.2 Å². The number of rotatable bonds is 2. The van der Waals surface area contributed by atoms with E-state index in [-0.39, 0.29) is 13.2 Å². The predicted octanol–water partition coefficient (Wildman–Crippen LogP) is 1.02. The van der Waals surface area contributed by atoms with E-state index in [0.29, 0.717) is 23.7 Å². The summed E-state index contributed by atoms with van der Waals surface area (Å²) in [6.45, 7) is 0.568. The molecule has 2 heteroatoms. The minimum atomic E-state index is 0.284. The minimum Gasteiger partial charge on any atom is -0.396 e. The average molecular weight is 170 g/mol. The molecule has 2 N–H and O–H groups in total. The quantitative estimate of drug-likeness (QED) is 0.649. The molecule has 3 saturated carbocycles. The molecule has 2 atom stereocenters. The summed E-state index contributed by atoms with van der Waals surface area (Å²) >= 11 is 0. The third-order valence-corrected chi connectivity index (χ3v) is 4.00. The van der Waals surface area contributed by atoms with Crippen molar-refractivity contribution in [2.24, 2.45) is 23.7 Å². The van der Waals surface area contributed by atoms with Crippen LogP contribution in [0, 0.1) is 23.7 Å². The first-order chi connectivity index (χ1) is 5.86. The Hall–Kier alpha value is -0.0800. The van der Waals surface area contributed by atoms with Crippen LogP contribution in [0.5, 0.6) is 0 Å². The summed E-state index contributed by atoms with van der Waals surface area (Å²) < 4.78 is 0. The van der Waals surface area contributed by atoms with E-state index in [1.54, 1.807) is 0 Å². The maximum Gasteiger partial charge on any atom is 0.0465 e. The summed E-state index contributed by atoms with van der Waals surface area (Å²) in [7, 11) is 0. The number of aliphatic hydroxyl groups excluding tert-OH is 2. The highest BCUT2D eigenvalue weighted by molar-refractivity contribution is 4.91. The lowest BCUT2D eigenvalue weighted by Gasteiger charge is -2.47. The number of hydrogen-bond donors (Lipinski definition) is 2. The van der Waals surface area contributed by atoms with Gasteiger partial charge in [0.2, 0.25) is 0 Å². The van der Waals surface area contributed by atoms with Crippen LogP contribution in [-0.4, -0.2) is 23.4 Å². The van der Waals surface area contributed by atoms with Crippen molar-refractivity contribution in [2.75, 3.05) is 13.2 Å². The van der Waals surface area contributed by atoms with E-state index >= 15 is 0 Å². The maximum atomic E-state index is 9.20. The van der Waals surface area contributed by atoms with Gasteiger partial charge in [-0.25, -0.2) is 0 Å². The largest absolute Gasteiger partial charge is 0.396 e. The summed E-state index contributed by atoms with van der Waals surface area (Å²) in [5.74, 6) is 2.22. The van der Waals surface area contributed by atoms with E-state index in [0.717, 1.165) is 0 Å². The van der Waals surface area contributed by atoms with Gasteiger partial charge in [-0.05, 0) is 49.4 Å². The van der Waals surface area contributed by atoms with Crippen molar-refractivity contribution in [3.8, 4) is 0 Å². The average Bonchev–Trinajstić information content (AvgIpc) is 2.18. The highest BCUT2D eigenvalue weighted by atomic mass is 16.3. The van der Waals surface area contributed by atoms with E-state index in [1.807, 2.05) is 0 Å². The van der Waals surface area contributed by atoms with Gasteiger partial charge in [0.15, 0.2) is 0 Å². The van der Waals surface area contributed by atoms with Gasteiger partial charge in [-0.15, -0.1) is 0 Å². The molecule has 0 aromatic carbocycles. The zero-order chi connectivity index (χ0) is 8.55. The Balaban J connectivity index is 2.10. The van der Waals surface area contributed by atoms with E-state index < -0.39 is 0 Å². The van der Waals surface area contributed by atoms with Crippen molar-refractivity contribution >= 4 is 0 Å². The van der Waals surface area contributed by atoms with Gasteiger partial charge in [0.05, 0.1) is 0 Å². The third kappa shape index (κ3) is 1.17. The van der Waals surface area contributed by atoms with Crippen molar-refractivity contribution in [2.45, 2.75) is 25.7 Å². The van der Waals surface area contributed by atoms with Crippen LogP contribution in [0.15, 0.2) is 0 Å². The summed E-state index contributed by atoms with van der Waals surface area (Å²) in [5.41, 5.74) is 0. The third-order valence-electron chi connectivity index (χ3n) is 4.00. The van der Waals surface area contributed by atoms with Crippen LogP contribution < -0.4 is 0 Å². The predicted molar refractivity (Wildman–Crippen MR) is 46.6 cm³/mol. The molecule has 0 amide bonds. The molecular formula is C10H18O2. The second kappa shape index (κ2) is 3.35. The zero-order valence-corrected chi connectivity index (χ0v) is 7.45. The molecule has 3 fully saturated rings. The highest BCUT2D eigenvalue weighted by Gasteiger charge is 2.42. The van der Waals surface area contributed by atoms with E-state index in [2.05, 4.69) is 0 Å². The molecular weight excluding hydrogens is 152 g/mol. The van der Waals surface area contributed by atoms with Gasteiger partial charge in [-0.1, -0.05) is 0 Å². The van der Waals surface area contributed by atoms with Gasteiger partial charge in [0.25, 0.3) is 0 Å². The number of hydrogen-bond acceptors (Lipinski definition) is 2. The van der Waals surface area contributed by atoms with Gasteiger partial charge < -0.3 is 10.2 Å². The van der Waals surface area contributed by atoms with Crippen LogP contribution in [0.2, 0.25) is 0 Å². The Kier molecular flexibility index (Phi) is 2.37. The normalized spacial score (nSPS) is 46.5. The van der Waals surface area contributed by atoms with Gasteiger partial charge in [-0.3, -0.25) is 0 Å². The molecule has 3 aliphatic rings. The number of aliphatic hydroxyl groups is 2. The van der Waals surface area contributed by atoms with Crippen LogP contribution in [0.25, 0.3) is 0 Å². The van der Waals surface area contributed by atoms with Crippen LogP contribution >= 0.6 is 0 Å². The van der Waals surface area contributed by atoms with Gasteiger partial charge in [0.1, 0.15) is 0 Å². The molecule has 0 saturated heterocycles. The topological polar surface area (TPSA) is 40.5 Å². The lowest BCUT2D eigenvalue weighted by Crippen LogP contribution is -2.43. The van der Waals surface area contributed by atoms with Crippen molar-refractivity contribution in [3.63, 3.8) is 0 Å². The Bertz CT molecular complexity index is 132. The molecule has 2 bridgehead atoms. The molecule has 0 aliphatic heterocycles. The second-order valence-corrected chi connectivity index (χ2v) is 4.37. The monoisotopic (exact) mass is 170 g/mol. The Morgan fingerprint density at radius 2 is 1.08 bits per heavy atom. The van der Waals surface area contributed by atoms with E-state index in [9.17, 15) is 10.2 Å². The molecule has 3 rings (SSSR count). The minimum absolute atomic E-state index is 0.284. The van der Waals surface area contributed by atoms with Crippen LogP contribution in [-0.2, 0) is 0 Å². The first-order valence-electron chi connectivity index (χ1n) is 5.08. The molecule has 0 aromatic heterocycles. The van der Waals surface area contributed by atoms with Gasteiger partial charge in [-0.2, -0.15) is 0 Å². The lowest BCUT2D eigenvalue weighted by atomic mass is 9.59. The SMILES string of the molecule is OC[C@@H]1C2CCC(CC2)[C@@H]1CO. The Morgan fingerprint density at radius 3 is 1.33 bits per heavy atom. The fourth-order valence-corrected chi connectivity index (χ4v) is 3.27. The summed E-state index contributed by atoms with van der Waals surface area (Å²) in [5, 5.41) is 18.4. The molecule has 2 nitrogen and oxygen atoms in total. The smallest absolute Gasteiger partial charge is 0.0465 e. The van der Waals surface area contributed by atoms with Crippen LogP contribution in [0.1, 0.15) is 25.7 Å². The summed E-state index contributed by atoms with van der Waals surface area (Å²) in [6, 6.07) is 0. The summed E-state index contributed by atoms with van der Waals surface area (Å²) in [6.07, 6.45) is 5.14. The molecule has 70 valence electrons. The molecule has 0 heterocycles.